The molecule has 3 aromatic heterocycles. The summed E-state index contributed by atoms with van der Waals surface area (Å²) in [6.45, 7) is 0. The Morgan fingerprint density at radius 1 is 0.864 bits per heavy atom. The molecule has 0 saturated heterocycles. The van der Waals surface area contributed by atoms with Gasteiger partial charge in [-0.1, -0.05) is 34.1 Å². The lowest BCUT2D eigenvalue weighted by atomic mass is 10.1. The molecule has 4 heteroatoms. The molecule has 3 heterocycles. The van der Waals surface area contributed by atoms with E-state index in [-0.39, 0.29) is 0 Å². The van der Waals surface area contributed by atoms with E-state index in [1.807, 2.05) is 30.5 Å². The Balaban J connectivity index is 2.23. The molecule has 5 aromatic rings. The molecule has 0 spiro atoms. The molecule has 0 unspecified atom stereocenters. The van der Waals surface area contributed by atoms with E-state index in [9.17, 15) is 0 Å². The lowest BCUT2D eigenvalue weighted by Crippen LogP contribution is -1.92. The van der Waals surface area contributed by atoms with Crippen LogP contribution in [-0.4, -0.2) is 14.4 Å². The quantitative estimate of drug-likeness (QED) is 0.371. The fourth-order valence-corrected chi connectivity index (χ4v) is 3.50. The van der Waals surface area contributed by atoms with Gasteiger partial charge >= 0.3 is 0 Å². The average Bonchev–Trinajstić information content (AvgIpc) is 2.95. The highest BCUT2D eigenvalue weighted by Crippen LogP contribution is 2.32. The molecule has 0 amide bonds. The summed E-state index contributed by atoms with van der Waals surface area (Å²) in [5.74, 6) is 0. The van der Waals surface area contributed by atoms with E-state index in [2.05, 4.69) is 55.6 Å². The number of hydrogen-bond donors (Lipinski definition) is 0. The van der Waals surface area contributed by atoms with Crippen LogP contribution in [-0.2, 0) is 0 Å². The van der Waals surface area contributed by atoms with Crippen molar-refractivity contribution < 1.29 is 0 Å². The number of rotatable bonds is 0. The highest BCUT2D eigenvalue weighted by Gasteiger charge is 2.13. The standard InChI is InChI=1S/C18H10BrN3/c19-11-7-8-12-13(10-11)18-21-14-4-1-2-5-15(14)22(18)16-6-3-9-20-17(12)16/h1-10H. The van der Waals surface area contributed by atoms with Crippen molar-refractivity contribution in [2.24, 2.45) is 0 Å². The Hall–Kier alpha value is -2.46. The number of halogens is 1. The lowest BCUT2D eigenvalue weighted by molar-refractivity contribution is 1.29. The minimum Gasteiger partial charge on any atom is -0.290 e. The van der Waals surface area contributed by atoms with E-state index in [1.54, 1.807) is 0 Å². The maximum atomic E-state index is 4.85. The van der Waals surface area contributed by atoms with Crippen molar-refractivity contribution >= 4 is 54.4 Å². The van der Waals surface area contributed by atoms with Crippen LogP contribution in [0.4, 0.5) is 0 Å². The molecule has 0 radical (unpaired) electrons. The van der Waals surface area contributed by atoms with Crippen LogP contribution in [0.15, 0.2) is 65.3 Å². The van der Waals surface area contributed by atoms with Gasteiger partial charge in [0.25, 0.3) is 0 Å². The van der Waals surface area contributed by atoms with Crippen molar-refractivity contribution in [1.82, 2.24) is 14.4 Å². The second-order valence-electron chi connectivity index (χ2n) is 5.32. The number of para-hydroxylation sites is 2. The SMILES string of the molecule is Brc1ccc2c(c1)c1nc3ccccc3n1c1cccnc21. The number of hydrogen-bond acceptors (Lipinski definition) is 2. The van der Waals surface area contributed by atoms with Crippen molar-refractivity contribution in [3.63, 3.8) is 0 Å². The fraction of sp³-hybridized carbons (Fsp3) is 0. The minimum atomic E-state index is 0.970. The van der Waals surface area contributed by atoms with Crippen LogP contribution in [0, 0.1) is 0 Å². The third-order valence-corrected chi connectivity index (χ3v) is 4.56. The van der Waals surface area contributed by atoms with Crippen molar-refractivity contribution in [2.75, 3.05) is 0 Å². The summed E-state index contributed by atoms with van der Waals surface area (Å²) in [5, 5.41) is 2.23. The van der Waals surface area contributed by atoms with Crippen molar-refractivity contribution in [3.8, 4) is 0 Å². The van der Waals surface area contributed by atoms with E-state index < -0.39 is 0 Å². The molecule has 0 aliphatic heterocycles. The largest absolute Gasteiger partial charge is 0.290 e. The van der Waals surface area contributed by atoms with Crippen LogP contribution in [0.3, 0.4) is 0 Å². The summed E-state index contributed by atoms with van der Waals surface area (Å²) in [7, 11) is 0. The van der Waals surface area contributed by atoms with E-state index in [4.69, 9.17) is 4.98 Å². The van der Waals surface area contributed by atoms with Crippen LogP contribution in [0.2, 0.25) is 0 Å². The molecular weight excluding hydrogens is 338 g/mol. The van der Waals surface area contributed by atoms with Gasteiger partial charge in [0.1, 0.15) is 5.65 Å². The number of pyridine rings is 2. The summed E-state index contributed by atoms with van der Waals surface area (Å²) in [5.41, 5.74) is 5.16. The first-order valence-corrected chi connectivity index (χ1v) is 7.85. The predicted molar refractivity (Wildman–Crippen MR) is 93.2 cm³/mol. The van der Waals surface area contributed by atoms with E-state index in [1.165, 1.54) is 0 Å². The molecule has 3 nitrogen and oxygen atoms in total. The van der Waals surface area contributed by atoms with Crippen molar-refractivity contribution in [1.29, 1.82) is 0 Å². The highest BCUT2D eigenvalue weighted by molar-refractivity contribution is 9.10. The van der Waals surface area contributed by atoms with Crippen LogP contribution >= 0.6 is 15.9 Å². The topological polar surface area (TPSA) is 30.2 Å². The van der Waals surface area contributed by atoms with Crippen LogP contribution in [0.25, 0.3) is 38.5 Å². The first-order chi connectivity index (χ1) is 10.8. The summed E-state index contributed by atoms with van der Waals surface area (Å²) in [6.07, 6.45) is 1.84. The summed E-state index contributed by atoms with van der Waals surface area (Å²) < 4.78 is 3.25. The fourth-order valence-electron chi connectivity index (χ4n) is 3.14. The number of fused-ring (bicyclic) bond motifs is 8. The number of aromatic nitrogens is 3. The zero-order valence-electron chi connectivity index (χ0n) is 11.5. The van der Waals surface area contributed by atoms with E-state index >= 15 is 0 Å². The minimum absolute atomic E-state index is 0.970. The van der Waals surface area contributed by atoms with Gasteiger partial charge in [0.2, 0.25) is 0 Å². The maximum absolute atomic E-state index is 4.85. The molecule has 0 bridgehead atoms. The molecule has 5 rings (SSSR count). The molecule has 0 aliphatic carbocycles. The van der Waals surface area contributed by atoms with Crippen LogP contribution in [0.5, 0.6) is 0 Å². The van der Waals surface area contributed by atoms with Crippen LogP contribution in [0.1, 0.15) is 0 Å². The van der Waals surface area contributed by atoms with E-state index in [0.29, 0.717) is 0 Å². The Morgan fingerprint density at radius 3 is 2.68 bits per heavy atom. The zero-order chi connectivity index (χ0) is 14.7. The number of imidazole rings is 1. The van der Waals surface area contributed by atoms with Gasteiger partial charge < -0.3 is 0 Å². The highest BCUT2D eigenvalue weighted by atomic mass is 79.9. The van der Waals surface area contributed by atoms with Crippen LogP contribution < -0.4 is 0 Å². The van der Waals surface area contributed by atoms with Crippen molar-refractivity contribution in [3.05, 3.63) is 65.3 Å². The first-order valence-electron chi connectivity index (χ1n) is 7.06. The molecule has 0 saturated carbocycles. The molecule has 0 aliphatic rings. The monoisotopic (exact) mass is 347 g/mol. The first kappa shape index (κ1) is 12.1. The van der Waals surface area contributed by atoms with Gasteiger partial charge in [0, 0.05) is 21.4 Å². The second kappa shape index (κ2) is 4.27. The summed E-state index contributed by atoms with van der Waals surface area (Å²) in [4.78, 5) is 9.46. The summed E-state index contributed by atoms with van der Waals surface area (Å²) >= 11 is 3.57. The predicted octanol–water partition coefficient (Wildman–Crippen LogP) is 4.95. The molecule has 0 fully saturated rings. The average molecular weight is 348 g/mol. The van der Waals surface area contributed by atoms with Gasteiger partial charge in [-0.25, -0.2) is 4.98 Å². The number of nitrogens with zero attached hydrogens (tertiary/aromatic N) is 3. The van der Waals surface area contributed by atoms with Gasteiger partial charge in [-0.05, 0) is 36.4 Å². The zero-order valence-corrected chi connectivity index (χ0v) is 13.1. The Labute approximate surface area is 134 Å². The van der Waals surface area contributed by atoms with Gasteiger partial charge in [0.15, 0.2) is 0 Å². The molecule has 2 aromatic carbocycles. The molecule has 22 heavy (non-hydrogen) atoms. The molecule has 0 atom stereocenters. The third kappa shape index (κ3) is 1.50. The van der Waals surface area contributed by atoms with E-state index in [0.717, 1.165) is 43.0 Å². The molecule has 0 N–H and O–H groups in total. The Morgan fingerprint density at radius 2 is 1.73 bits per heavy atom. The number of benzene rings is 2. The Kier molecular flexibility index (Phi) is 2.35. The molecule has 104 valence electrons. The molecular formula is C18H10BrN3. The second-order valence-corrected chi connectivity index (χ2v) is 6.24. The summed E-state index contributed by atoms with van der Waals surface area (Å²) in [6, 6.07) is 18.6. The maximum Gasteiger partial charge on any atom is 0.146 e. The Bertz CT molecular complexity index is 1190. The van der Waals surface area contributed by atoms with Gasteiger partial charge in [-0.15, -0.1) is 0 Å². The third-order valence-electron chi connectivity index (χ3n) is 4.07. The van der Waals surface area contributed by atoms with Gasteiger partial charge in [-0.2, -0.15) is 0 Å². The normalized spacial score (nSPS) is 11.9. The van der Waals surface area contributed by atoms with Gasteiger partial charge in [0.05, 0.1) is 22.1 Å². The van der Waals surface area contributed by atoms with Crippen molar-refractivity contribution in [2.45, 2.75) is 0 Å². The lowest BCUT2D eigenvalue weighted by Gasteiger charge is -2.08. The van der Waals surface area contributed by atoms with Gasteiger partial charge in [-0.3, -0.25) is 9.38 Å². The smallest absolute Gasteiger partial charge is 0.146 e.